The zero-order chi connectivity index (χ0) is 41.5. The van der Waals surface area contributed by atoms with Crippen molar-refractivity contribution in [3.63, 3.8) is 0 Å². The first-order valence-electron chi connectivity index (χ1n) is 19.0. The zero-order valence-corrected chi connectivity index (χ0v) is 31.7. The van der Waals surface area contributed by atoms with Gasteiger partial charge >= 0.3 is 11.9 Å². The molecule has 3 aromatic carbocycles. The Balaban J connectivity index is 1.19. The van der Waals surface area contributed by atoms with Gasteiger partial charge in [-0.25, -0.2) is 0 Å². The van der Waals surface area contributed by atoms with Crippen LogP contribution in [0.5, 0.6) is 28.7 Å². The monoisotopic (exact) mass is 817 g/mol. The number of carboxylic acid groups (broad SMARTS) is 1. The van der Waals surface area contributed by atoms with Crippen molar-refractivity contribution in [3.05, 3.63) is 100 Å². The van der Waals surface area contributed by atoms with Crippen molar-refractivity contribution in [2.75, 3.05) is 20.4 Å². The number of hydrogen-bond acceptors (Lipinski definition) is 16. The van der Waals surface area contributed by atoms with E-state index in [1.807, 2.05) is 48.7 Å². The molecule has 0 aromatic heterocycles. The van der Waals surface area contributed by atoms with Crippen molar-refractivity contribution >= 4 is 18.2 Å². The van der Waals surface area contributed by atoms with Crippen molar-refractivity contribution < 1.29 is 73.2 Å². The van der Waals surface area contributed by atoms with Crippen molar-refractivity contribution in [1.82, 2.24) is 0 Å². The number of aliphatic imine (C=N–C) groups is 1. The van der Waals surface area contributed by atoms with E-state index in [2.05, 4.69) is 4.99 Å². The van der Waals surface area contributed by atoms with Crippen LogP contribution in [0.2, 0.25) is 0 Å². The average molecular weight is 818 g/mol. The van der Waals surface area contributed by atoms with E-state index in [0.29, 0.717) is 42.5 Å². The van der Waals surface area contributed by atoms with Gasteiger partial charge in [0.15, 0.2) is 24.4 Å². The van der Waals surface area contributed by atoms with Crippen LogP contribution in [-0.4, -0.2) is 113 Å². The molecule has 312 valence electrons. The van der Waals surface area contributed by atoms with Gasteiger partial charge in [0, 0.05) is 41.0 Å². The number of rotatable bonds is 14. The van der Waals surface area contributed by atoms with E-state index in [4.69, 9.17) is 49.7 Å². The molecular formula is C41H45N4O14+. The van der Waals surface area contributed by atoms with Gasteiger partial charge in [0.05, 0.1) is 19.2 Å². The van der Waals surface area contributed by atoms with E-state index in [9.17, 15) is 30.0 Å². The van der Waals surface area contributed by atoms with Gasteiger partial charge in [-0.1, -0.05) is 36.4 Å². The first kappa shape index (κ1) is 40.2. The molecule has 18 heteroatoms. The quantitative estimate of drug-likeness (QED) is 0.0569. The summed E-state index contributed by atoms with van der Waals surface area (Å²) in [5.41, 5.74) is 17.0. The molecule has 10 atom stereocenters. The molecule has 5 aliphatic rings. The Morgan fingerprint density at radius 2 is 1.83 bits per heavy atom. The van der Waals surface area contributed by atoms with Gasteiger partial charge in [0.25, 0.3) is 0 Å². The third kappa shape index (κ3) is 7.84. The molecule has 59 heavy (non-hydrogen) atoms. The highest BCUT2D eigenvalue weighted by Gasteiger charge is 2.52. The lowest BCUT2D eigenvalue weighted by Gasteiger charge is -2.43. The molecule has 1 fully saturated rings. The largest absolute Gasteiger partial charge is 0.490 e. The highest BCUT2D eigenvalue weighted by molar-refractivity contribution is 5.90. The number of hydrogen-bond donors (Lipinski definition) is 8. The number of nitrogens with zero attached hydrogens (tertiary/aromatic N) is 1. The predicted octanol–water partition coefficient (Wildman–Crippen LogP) is -0.688. The molecule has 5 heterocycles. The second-order valence-corrected chi connectivity index (χ2v) is 14.9. The van der Waals surface area contributed by atoms with E-state index in [-0.39, 0.29) is 11.7 Å². The molecule has 0 amide bonds. The number of aliphatic hydroxyl groups is 4. The molecule has 1 unspecified atom stereocenters. The van der Waals surface area contributed by atoms with Crippen LogP contribution in [0.25, 0.3) is 0 Å². The molecule has 5 aliphatic heterocycles. The van der Waals surface area contributed by atoms with Crippen LogP contribution >= 0.6 is 0 Å². The highest BCUT2D eigenvalue weighted by Crippen LogP contribution is 2.59. The molecule has 1 saturated heterocycles. The second-order valence-electron chi connectivity index (χ2n) is 14.9. The maximum Gasteiger partial charge on any atom is 0.317 e. The van der Waals surface area contributed by atoms with Gasteiger partial charge in [-0.15, -0.1) is 0 Å². The van der Waals surface area contributed by atoms with Crippen LogP contribution in [0, 0.1) is 0 Å². The number of fused-ring (bicyclic) bond motifs is 6. The second kappa shape index (κ2) is 16.6. The summed E-state index contributed by atoms with van der Waals surface area (Å²) in [7, 11) is 1.50. The number of carbonyl (C=O) groups is 2. The van der Waals surface area contributed by atoms with Crippen molar-refractivity contribution in [3.8, 4) is 28.7 Å². The Labute approximate surface area is 337 Å². The third-order valence-corrected chi connectivity index (χ3v) is 11.0. The van der Waals surface area contributed by atoms with Gasteiger partial charge < -0.3 is 70.2 Å². The summed E-state index contributed by atoms with van der Waals surface area (Å²) >= 11 is 0. The number of nitrogens with one attached hydrogen (secondary N) is 1. The van der Waals surface area contributed by atoms with Crippen molar-refractivity contribution in [1.29, 1.82) is 0 Å². The molecule has 10 N–H and O–H groups in total. The average Bonchev–Trinajstić information content (AvgIpc) is 3.92. The molecule has 0 aliphatic carbocycles. The molecule has 0 spiro atoms. The van der Waals surface area contributed by atoms with Crippen molar-refractivity contribution in [2.24, 2.45) is 16.5 Å². The third-order valence-electron chi connectivity index (χ3n) is 11.0. The topological polar surface area (TPSA) is 269 Å². The Kier molecular flexibility index (Phi) is 11.3. The fourth-order valence-electron chi connectivity index (χ4n) is 8.42. The van der Waals surface area contributed by atoms with Gasteiger partial charge in [0.1, 0.15) is 79.5 Å². The minimum atomic E-state index is -1.89. The first-order chi connectivity index (χ1) is 28.4. The van der Waals surface area contributed by atoms with Gasteiger partial charge in [0.2, 0.25) is 12.0 Å². The molecule has 0 saturated carbocycles. The summed E-state index contributed by atoms with van der Waals surface area (Å²) in [6, 6.07) is 16.8. The van der Waals surface area contributed by atoms with Crippen LogP contribution in [0.15, 0.2) is 83.1 Å². The number of aliphatic carboxylic acids is 1. The number of methoxy groups -OCH3 is 1. The number of quaternary nitrogens is 1. The number of aliphatic hydroxyl groups excluding tert-OH is 4. The standard InChI is InChI=1S/C41H44N4O14/c1-53-36-25(54-18-46)8-7-23-31-26(11-19-5-3-2-4-6-19)56-27-13-22(12-21(30(27)37(31)58-35(23)36)16-45-15-20-9-10-44-24(20)17-45)55-41-34(52)32(50)33(51)38(59-41)39(40(42)43)57-29(49)14-28(47)48/h2-10,12-13,17,26,31-34,37-41,46,50-52H,11,14-16,18,42-43H2,1H3,(H,47,48)/p+1/t26-,31-,32+,33+,34-,37+,38+,39+,41-/m1/s1. The molecule has 0 radical (unpaired) electrons. The number of benzene rings is 3. The van der Waals surface area contributed by atoms with E-state index in [1.165, 1.54) is 7.11 Å². The lowest BCUT2D eigenvalue weighted by Crippen LogP contribution is -3.04. The molecule has 18 nitrogen and oxygen atoms in total. The minimum Gasteiger partial charge on any atom is -0.490 e. The molecule has 0 bridgehead atoms. The van der Waals surface area contributed by atoms with Crippen molar-refractivity contribution in [2.45, 2.75) is 80.5 Å². The van der Waals surface area contributed by atoms with Crippen LogP contribution in [0.1, 0.15) is 40.7 Å². The van der Waals surface area contributed by atoms with Crippen LogP contribution in [-0.2, 0) is 32.0 Å². The lowest BCUT2D eigenvalue weighted by molar-refractivity contribution is -0.851. The van der Waals surface area contributed by atoms with Gasteiger partial charge in [-0.2, -0.15) is 0 Å². The maximum atomic E-state index is 12.3. The maximum absolute atomic E-state index is 12.3. The van der Waals surface area contributed by atoms with Crippen LogP contribution < -0.4 is 40.1 Å². The number of ether oxygens (including phenoxy) is 7. The smallest absolute Gasteiger partial charge is 0.317 e. The number of nitrogens with two attached hydrogens (primary N) is 2. The molecule has 3 aromatic rings. The predicted molar refractivity (Wildman–Crippen MR) is 204 cm³/mol. The van der Waals surface area contributed by atoms with E-state index < -0.39 is 80.3 Å². The van der Waals surface area contributed by atoms with E-state index in [1.54, 1.807) is 24.4 Å². The number of allylic oxidation sites excluding steroid dienone is 1. The number of carbonyl (C=O) groups excluding carboxylic acids is 1. The first-order valence-corrected chi connectivity index (χ1v) is 19.0. The Morgan fingerprint density at radius 3 is 2.54 bits per heavy atom. The Bertz CT molecular complexity index is 2180. The minimum absolute atomic E-state index is 0.147. The summed E-state index contributed by atoms with van der Waals surface area (Å²) in [4.78, 5) is 29.0. The summed E-state index contributed by atoms with van der Waals surface area (Å²) in [6.07, 6.45) is -7.93. The number of esters is 1. The van der Waals surface area contributed by atoms with E-state index in [0.717, 1.165) is 38.4 Å². The van der Waals surface area contributed by atoms with Crippen LogP contribution in [0.3, 0.4) is 0 Å². The Hall–Kier alpha value is -5.57. The van der Waals surface area contributed by atoms with E-state index >= 15 is 0 Å². The summed E-state index contributed by atoms with van der Waals surface area (Å²) in [6.45, 7) is 0.482. The summed E-state index contributed by atoms with van der Waals surface area (Å²) < 4.78 is 42.4. The number of carboxylic acids is 1. The van der Waals surface area contributed by atoms with Crippen LogP contribution in [0.4, 0.5) is 0 Å². The summed E-state index contributed by atoms with van der Waals surface area (Å²) in [5.74, 6) is -1.39. The molecular weight excluding hydrogens is 772 g/mol. The van der Waals surface area contributed by atoms with Gasteiger partial charge in [-0.3, -0.25) is 19.5 Å². The highest BCUT2D eigenvalue weighted by atomic mass is 16.7. The zero-order valence-electron chi connectivity index (χ0n) is 31.7. The fraction of sp³-hybridized carbons (Fsp3) is 0.390. The molecule has 8 rings (SSSR count). The normalized spacial score (nSPS) is 27.9. The SMILES string of the molecule is COc1c(OCO)ccc2c1O[C@H]1c3c(C[NH+]4C=C5N=CC=C5C4)cc(O[C@@H]4O[C@H]([C@H](OC(=O)CC(=O)O)C(N)N)[C@@H](O)[C@H](O)[C@H]4O)cc3O[C@H](Cc3ccccc3)[C@@H]21. The fourth-order valence-corrected chi connectivity index (χ4v) is 8.42. The Morgan fingerprint density at radius 1 is 1.03 bits per heavy atom. The van der Waals surface area contributed by atoms with Gasteiger partial charge in [-0.05, 0) is 23.8 Å². The summed E-state index contributed by atoms with van der Waals surface area (Å²) in [5, 5.41) is 51.7. The lowest BCUT2D eigenvalue weighted by atomic mass is 9.80.